The summed E-state index contributed by atoms with van der Waals surface area (Å²) in [5, 5.41) is 3.26. The zero-order valence-corrected chi connectivity index (χ0v) is 15.6. The molecule has 0 unspecified atom stereocenters. The standard InChI is InChI=1S/C19H24ClN3O2/c1-4-10-23(11-5-2)18-9-6-14(13-21-18)19(24)22-15-7-8-17(25-3)16(20)12-15/h6-9,12-13H,4-5,10-11H2,1-3H3,(H,22,24). The van der Waals surface area contributed by atoms with Crippen molar-refractivity contribution < 1.29 is 9.53 Å². The average Bonchev–Trinajstić information content (AvgIpc) is 2.62. The lowest BCUT2D eigenvalue weighted by molar-refractivity contribution is 0.102. The molecule has 6 heteroatoms. The van der Waals surface area contributed by atoms with Crippen LogP contribution < -0.4 is 15.0 Å². The van der Waals surface area contributed by atoms with E-state index in [1.54, 1.807) is 37.6 Å². The molecule has 134 valence electrons. The van der Waals surface area contributed by atoms with Crippen molar-refractivity contribution in [3.05, 3.63) is 47.1 Å². The number of benzene rings is 1. The quantitative estimate of drug-likeness (QED) is 0.745. The van der Waals surface area contributed by atoms with E-state index in [-0.39, 0.29) is 5.91 Å². The number of amides is 1. The number of carbonyl (C=O) groups excluding carboxylic acids is 1. The van der Waals surface area contributed by atoms with Gasteiger partial charge in [0.2, 0.25) is 0 Å². The van der Waals surface area contributed by atoms with E-state index in [0.717, 1.165) is 31.7 Å². The number of anilines is 2. The number of hydrogen-bond donors (Lipinski definition) is 1. The minimum Gasteiger partial charge on any atom is -0.495 e. The predicted octanol–water partition coefficient (Wildman–Crippen LogP) is 4.62. The Morgan fingerprint density at radius 2 is 1.92 bits per heavy atom. The topological polar surface area (TPSA) is 54.5 Å². The van der Waals surface area contributed by atoms with Crippen LogP contribution in [0.25, 0.3) is 0 Å². The third-order valence-electron chi connectivity index (χ3n) is 3.73. The van der Waals surface area contributed by atoms with Crippen molar-refractivity contribution in [2.45, 2.75) is 26.7 Å². The number of carbonyl (C=O) groups is 1. The highest BCUT2D eigenvalue weighted by Gasteiger charge is 2.11. The number of ether oxygens (including phenoxy) is 1. The molecule has 2 aromatic rings. The van der Waals surface area contributed by atoms with E-state index in [2.05, 4.69) is 29.0 Å². The Bertz CT molecular complexity index is 698. The molecule has 0 fully saturated rings. The molecule has 25 heavy (non-hydrogen) atoms. The SMILES string of the molecule is CCCN(CCC)c1ccc(C(=O)Nc2ccc(OC)c(Cl)c2)cn1. The van der Waals surface area contributed by atoms with E-state index in [0.29, 0.717) is 22.0 Å². The minimum absolute atomic E-state index is 0.224. The van der Waals surface area contributed by atoms with E-state index in [1.807, 2.05) is 6.07 Å². The first-order chi connectivity index (χ1) is 12.1. The van der Waals surface area contributed by atoms with Gasteiger partial charge in [-0.25, -0.2) is 4.98 Å². The summed E-state index contributed by atoms with van der Waals surface area (Å²) in [5.74, 6) is 1.24. The van der Waals surface area contributed by atoms with Gasteiger partial charge in [0.25, 0.3) is 5.91 Å². The van der Waals surface area contributed by atoms with Crippen molar-refractivity contribution in [1.29, 1.82) is 0 Å². The Morgan fingerprint density at radius 3 is 2.44 bits per heavy atom. The third kappa shape index (κ3) is 5.10. The summed E-state index contributed by atoms with van der Waals surface area (Å²) in [6.07, 6.45) is 3.72. The van der Waals surface area contributed by atoms with Gasteiger partial charge in [-0.15, -0.1) is 0 Å². The molecular formula is C19H24ClN3O2. The molecule has 1 aromatic carbocycles. The summed E-state index contributed by atoms with van der Waals surface area (Å²) in [6, 6.07) is 8.80. The van der Waals surface area contributed by atoms with Crippen LogP contribution in [-0.2, 0) is 0 Å². The number of nitrogens with one attached hydrogen (secondary N) is 1. The molecular weight excluding hydrogens is 338 g/mol. The van der Waals surface area contributed by atoms with Gasteiger partial charge in [0.1, 0.15) is 11.6 Å². The number of methoxy groups -OCH3 is 1. The van der Waals surface area contributed by atoms with Crippen molar-refractivity contribution in [3.63, 3.8) is 0 Å². The second-order valence-electron chi connectivity index (χ2n) is 5.70. The molecule has 0 saturated heterocycles. The van der Waals surface area contributed by atoms with Gasteiger partial charge in [-0.05, 0) is 43.2 Å². The minimum atomic E-state index is -0.224. The third-order valence-corrected chi connectivity index (χ3v) is 4.03. The lowest BCUT2D eigenvalue weighted by Gasteiger charge is -2.22. The number of aromatic nitrogens is 1. The summed E-state index contributed by atoms with van der Waals surface area (Å²) in [5.41, 5.74) is 1.11. The predicted molar refractivity (Wildman–Crippen MR) is 103 cm³/mol. The first kappa shape index (κ1) is 19.1. The highest BCUT2D eigenvalue weighted by Crippen LogP contribution is 2.27. The highest BCUT2D eigenvalue weighted by molar-refractivity contribution is 6.32. The molecule has 1 aromatic heterocycles. The zero-order chi connectivity index (χ0) is 18.2. The maximum atomic E-state index is 12.4. The van der Waals surface area contributed by atoms with E-state index in [9.17, 15) is 4.79 Å². The Hall–Kier alpha value is -2.27. The van der Waals surface area contributed by atoms with Crippen LogP contribution >= 0.6 is 11.6 Å². The van der Waals surface area contributed by atoms with Crippen LogP contribution in [-0.4, -0.2) is 31.1 Å². The van der Waals surface area contributed by atoms with Crippen LogP contribution in [0.4, 0.5) is 11.5 Å². The van der Waals surface area contributed by atoms with Crippen molar-refractivity contribution in [2.24, 2.45) is 0 Å². The van der Waals surface area contributed by atoms with Crippen LogP contribution in [0.2, 0.25) is 5.02 Å². The van der Waals surface area contributed by atoms with Gasteiger partial charge >= 0.3 is 0 Å². The summed E-state index contributed by atoms with van der Waals surface area (Å²) >= 11 is 6.08. The molecule has 0 aliphatic rings. The summed E-state index contributed by atoms with van der Waals surface area (Å²) in [4.78, 5) is 19.0. The van der Waals surface area contributed by atoms with Crippen LogP contribution in [0.3, 0.4) is 0 Å². The number of pyridine rings is 1. The van der Waals surface area contributed by atoms with Gasteiger partial charge in [-0.1, -0.05) is 25.4 Å². The Labute approximate surface area is 154 Å². The van der Waals surface area contributed by atoms with Crippen LogP contribution in [0.15, 0.2) is 36.5 Å². The first-order valence-electron chi connectivity index (χ1n) is 8.44. The van der Waals surface area contributed by atoms with Crippen LogP contribution in [0, 0.1) is 0 Å². The van der Waals surface area contributed by atoms with Gasteiger partial charge in [-0.3, -0.25) is 4.79 Å². The van der Waals surface area contributed by atoms with E-state index in [4.69, 9.17) is 16.3 Å². The largest absolute Gasteiger partial charge is 0.495 e. The van der Waals surface area contributed by atoms with Gasteiger partial charge in [0, 0.05) is 25.0 Å². The molecule has 5 nitrogen and oxygen atoms in total. The van der Waals surface area contributed by atoms with Crippen molar-refractivity contribution in [1.82, 2.24) is 4.98 Å². The Kier molecular flexibility index (Phi) is 7.07. The average molecular weight is 362 g/mol. The van der Waals surface area contributed by atoms with Crippen LogP contribution in [0.5, 0.6) is 5.75 Å². The smallest absolute Gasteiger partial charge is 0.257 e. The van der Waals surface area contributed by atoms with Crippen LogP contribution in [0.1, 0.15) is 37.0 Å². The highest BCUT2D eigenvalue weighted by atomic mass is 35.5. The van der Waals surface area contributed by atoms with Crippen molar-refractivity contribution >= 4 is 29.0 Å². The zero-order valence-electron chi connectivity index (χ0n) is 14.9. The lowest BCUT2D eigenvalue weighted by atomic mass is 10.2. The summed E-state index contributed by atoms with van der Waals surface area (Å²) < 4.78 is 5.11. The molecule has 0 atom stereocenters. The fraction of sp³-hybridized carbons (Fsp3) is 0.368. The molecule has 0 aliphatic heterocycles. The van der Waals surface area contributed by atoms with Crippen molar-refractivity contribution in [2.75, 3.05) is 30.4 Å². The van der Waals surface area contributed by atoms with Crippen molar-refractivity contribution in [3.8, 4) is 5.75 Å². The number of rotatable bonds is 8. The second-order valence-corrected chi connectivity index (χ2v) is 6.10. The Balaban J connectivity index is 2.08. The normalized spacial score (nSPS) is 10.4. The Morgan fingerprint density at radius 1 is 1.20 bits per heavy atom. The van der Waals surface area contributed by atoms with Gasteiger partial charge < -0.3 is 15.0 Å². The lowest BCUT2D eigenvalue weighted by Crippen LogP contribution is -2.26. The van der Waals surface area contributed by atoms with Gasteiger partial charge in [-0.2, -0.15) is 0 Å². The van der Waals surface area contributed by atoms with E-state index < -0.39 is 0 Å². The molecule has 1 heterocycles. The number of hydrogen-bond acceptors (Lipinski definition) is 4. The molecule has 0 bridgehead atoms. The van der Waals surface area contributed by atoms with Gasteiger partial charge in [0.05, 0.1) is 17.7 Å². The number of halogens is 1. The summed E-state index contributed by atoms with van der Waals surface area (Å²) in [7, 11) is 1.55. The molecule has 0 radical (unpaired) electrons. The fourth-order valence-corrected chi connectivity index (χ4v) is 2.79. The second kappa shape index (κ2) is 9.28. The molecule has 0 aliphatic carbocycles. The molecule has 0 saturated carbocycles. The monoisotopic (exact) mass is 361 g/mol. The maximum Gasteiger partial charge on any atom is 0.257 e. The van der Waals surface area contributed by atoms with Gasteiger partial charge in [0.15, 0.2) is 0 Å². The fourth-order valence-electron chi connectivity index (χ4n) is 2.54. The number of nitrogens with zero attached hydrogens (tertiary/aromatic N) is 2. The van der Waals surface area contributed by atoms with E-state index in [1.165, 1.54) is 0 Å². The van der Waals surface area contributed by atoms with E-state index >= 15 is 0 Å². The maximum absolute atomic E-state index is 12.4. The summed E-state index contributed by atoms with van der Waals surface area (Å²) in [6.45, 7) is 6.20. The molecule has 2 rings (SSSR count). The molecule has 1 N–H and O–H groups in total. The molecule has 0 spiro atoms. The molecule has 1 amide bonds. The first-order valence-corrected chi connectivity index (χ1v) is 8.82.